The minimum absolute atomic E-state index is 0.000922. The minimum atomic E-state index is -3.08. The van der Waals surface area contributed by atoms with Crippen molar-refractivity contribution in [3.8, 4) is 5.75 Å². The smallest absolute Gasteiger partial charge is 0.338 e. The molecule has 0 N–H and O–H groups in total. The van der Waals surface area contributed by atoms with Crippen molar-refractivity contribution in [2.45, 2.75) is 31.3 Å². The van der Waals surface area contributed by atoms with Crippen molar-refractivity contribution in [1.29, 1.82) is 0 Å². The SMILES string of the molecule is COc1cccc(C(=O)OCC(=O)N(C2CC2)[C@@H]2CCS(=O)(=O)C2)c1. The maximum atomic E-state index is 12.5. The summed E-state index contributed by atoms with van der Waals surface area (Å²) in [4.78, 5) is 26.2. The highest BCUT2D eigenvalue weighted by Crippen LogP contribution is 2.32. The fourth-order valence-corrected chi connectivity index (χ4v) is 4.80. The number of carbonyl (C=O) groups is 2. The number of hydrogen-bond acceptors (Lipinski definition) is 6. The molecule has 3 rings (SSSR count). The number of rotatable bonds is 6. The molecule has 0 bridgehead atoms. The molecule has 1 saturated heterocycles. The van der Waals surface area contributed by atoms with Crippen LogP contribution in [0, 0.1) is 0 Å². The Morgan fingerprint density at radius 2 is 1.96 bits per heavy atom. The van der Waals surface area contributed by atoms with E-state index in [1.165, 1.54) is 13.2 Å². The van der Waals surface area contributed by atoms with E-state index in [-0.39, 0.29) is 36.1 Å². The second-order valence-corrected chi connectivity index (χ2v) is 8.63. The van der Waals surface area contributed by atoms with Gasteiger partial charge >= 0.3 is 5.97 Å². The lowest BCUT2D eigenvalue weighted by molar-refractivity contribution is -0.137. The van der Waals surface area contributed by atoms with E-state index in [0.717, 1.165) is 12.8 Å². The number of nitrogens with zero attached hydrogens (tertiary/aromatic N) is 1. The summed E-state index contributed by atoms with van der Waals surface area (Å²) in [6.45, 7) is -0.386. The number of methoxy groups -OCH3 is 1. The number of hydrogen-bond donors (Lipinski definition) is 0. The van der Waals surface area contributed by atoms with Gasteiger partial charge in [0.2, 0.25) is 0 Å². The fourth-order valence-electron chi connectivity index (χ4n) is 3.09. The number of carbonyl (C=O) groups excluding carboxylic acids is 2. The average molecular weight is 367 g/mol. The lowest BCUT2D eigenvalue weighted by atomic mass is 10.2. The lowest BCUT2D eigenvalue weighted by Gasteiger charge is -2.28. The van der Waals surface area contributed by atoms with Gasteiger partial charge in [-0.1, -0.05) is 6.07 Å². The normalized spacial score (nSPS) is 21.6. The Bertz CT molecular complexity index is 771. The number of ether oxygens (including phenoxy) is 2. The highest BCUT2D eigenvalue weighted by atomic mass is 32.2. The minimum Gasteiger partial charge on any atom is -0.497 e. The molecule has 2 fully saturated rings. The molecular formula is C17H21NO6S. The van der Waals surface area contributed by atoms with Gasteiger partial charge in [-0.05, 0) is 37.5 Å². The predicted octanol–water partition coefficient (Wildman–Crippen LogP) is 1.03. The van der Waals surface area contributed by atoms with Gasteiger partial charge in [-0.25, -0.2) is 13.2 Å². The maximum Gasteiger partial charge on any atom is 0.338 e. The summed E-state index contributed by atoms with van der Waals surface area (Å²) in [5.41, 5.74) is 0.300. The Morgan fingerprint density at radius 1 is 1.20 bits per heavy atom. The van der Waals surface area contributed by atoms with Crippen molar-refractivity contribution < 1.29 is 27.5 Å². The van der Waals surface area contributed by atoms with E-state index < -0.39 is 15.8 Å². The zero-order valence-electron chi connectivity index (χ0n) is 14.0. The maximum absolute atomic E-state index is 12.5. The lowest BCUT2D eigenvalue weighted by Crippen LogP contribution is -2.44. The van der Waals surface area contributed by atoms with Crippen molar-refractivity contribution >= 4 is 21.7 Å². The van der Waals surface area contributed by atoms with Gasteiger partial charge in [0.15, 0.2) is 16.4 Å². The van der Waals surface area contributed by atoms with E-state index in [1.54, 1.807) is 23.1 Å². The van der Waals surface area contributed by atoms with Gasteiger partial charge in [0.05, 0.1) is 24.2 Å². The molecule has 7 nitrogen and oxygen atoms in total. The number of amides is 1. The fraction of sp³-hybridized carbons (Fsp3) is 0.529. The molecule has 25 heavy (non-hydrogen) atoms. The van der Waals surface area contributed by atoms with E-state index in [9.17, 15) is 18.0 Å². The first-order valence-corrected chi connectivity index (χ1v) is 10.0. The van der Waals surface area contributed by atoms with Crippen molar-refractivity contribution in [2.75, 3.05) is 25.2 Å². The number of sulfone groups is 1. The van der Waals surface area contributed by atoms with E-state index in [2.05, 4.69) is 0 Å². The molecule has 8 heteroatoms. The molecule has 2 aliphatic rings. The van der Waals surface area contributed by atoms with Crippen LogP contribution in [0.2, 0.25) is 0 Å². The average Bonchev–Trinajstić information content (AvgIpc) is 3.36. The molecular weight excluding hydrogens is 346 g/mol. The Balaban J connectivity index is 1.61. The second-order valence-electron chi connectivity index (χ2n) is 6.40. The highest BCUT2D eigenvalue weighted by Gasteiger charge is 2.42. The van der Waals surface area contributed by atoms with Crippen LogP contribution in [0.15, 0.2) is 24.3 Å². The first-order valence-electron chi connectivity index (χ1n) is 8.22. The van der Waals surface area contributed by atoms with Crippen LogP contribution in [0.5, 0.6) is 5.75 Å². The monoisotopic (exact) mass is 367 g/mol. The number of benzene rings is 1. The molecule has 1 aliphatic heterocycles. The molecule has 0 spiro atoms. The van der Waals surface area contributed by atoms with Gasteiger partial charge in [-0.15, -0.1) is 0 Å². The van der Waals surface area contributed by atoms with E-state index in [4.69, 9.17) is 9.47 Å². The zero-order valence-corrected chi connectivity index (χ0v) is 14.8. The Labute approximate surface area is 146 Å². The molecule has 1 heterocycles. The van der Waals surface area contributed by atoms with Crippen LogP contribution in [0.25, 0.3) is 0 Å². The van der Waals surface area contributed by atoms with E-state index in [1.807, 2.05) is 0 Å². The van der Waals surface area contributed by atoms with Crippen LogP contribution in [-0.4, -0.2) is 62.5 Å². The summed E-state index contributed by atoms with van der Waals surface area (Å²) in [7, 11) is -1.58. The molecule has 1 saturated carbocycles. The molecule has 1 atom stereocenters. The van der Waals surface area contributed by atoms with Crippen molar-refractivity contribution in [3.63, 3.8) is 0 Å². The molecule has 1 aliphatic carbocycles. The van der Waals surface area contributed by atoms with Crippen LogP contribution in [0.1, 0.15) is 29.6 Å². The third-order valence-corrected chi connectivity index (χ3v) is 6.21. The molecule has 0 radical (unpaired) electrons. The van der Waals surface area contributed by atoms with Gasteiger partial charge in [0.1, 0.15) is 5.75 Å². The molecule has 1 amide bonds. The van der Waals surface area contributed by atoms with E-state index in [0.29, 0.717) is 17.7 Å². The van der Waals surface area contributed by atoms with Crippen LogP contribution >= 0.6 is 0 Å². The quantitative estimate of drug-likeness (QED) is 0.698. The summed E-state index contributed by atoms with van der Waals surface area (Å²) in [6, 6.07) is 6.25. The van der Waals surface area contributed by atoms with Gasteiger partial charge in [0.25, 0.3) is 5.91 Å². The Kier molecular flexibility index (Phi) is 4.99. The van der Waals surface area contributed by atoms with Crippen LogP contribution in [-0.2, 0) is 19.4 Å². The van der Waals surface area contributed by atoms with Gasteiger partial charge < -0.3 is 14.4 Å². The summed E-state index contributed by atoms with van der Waals surface area (Å²) < 4.78 is 33.6. The third kappa shape index (κ3) is 4.31. The van der Waals surface area contributed by atoms with Crippen molar-refractivity contribution in [3.05, 3.63) is 29.8 Å². The molecule has 1 aromatic carbocycles. The van der Waals surface area contributed by atoms with Crippen LogP contribution in [0.4, 0.5) is 0 Å². The molecule has 136 valence electrons. The van der Waals surface area contributed by atoms with Crippen molar-refractivity contribution in [1.82, 2.24) is 4.90 Å². The van der Waals surface area contributed by atoms with Crippen molar-refractivity contribution in [2.24, 2.45) is 0 Å². The molecule has 1 aromatic rings. The van der Waals surface area contributed by atoms with Crippen LogP contribution < -0.4 is 4.74 Å². The highest BCUT2D eigenvalue weighted by molar-refractivity contribution is 7.91. The molecule has 0 aromatic heterocycles. The number of esters is 1. The van der Waals surface area contributed by atoms with Gasteiger partial charge in [-0.3, -0.25) is 4.79 Å². The van der Waals surface area contributed by atoms with E-state index >= 15 is 0 Å². The summed E-state index contributed by atoms with van der Waals surface area (Å²) in [5, 5.41) is 0. The Hall–Kier alpha value is -2.09. The largest absolute Gasteiger partial charge is 0.497 e. The third-order valence-electron chi connectivity index (χ3n) is 4.46. The topological polar surface area (TPSA) is 90.0 Å². The van der Waals surface area contributed by atoms with Crippen LogP contribution in [0.3, 0.4) is 0 Å². The predicted molar refractivity (Wildman–Crippen MR) is 90.2 cm³/mol. The first kappa shape index (κ1) is 17.7. The summed E-state index contributed by atoms with van der Waals surface area (Å²) >= 11 is 0. The first-order chi connectivity index (χ1) is 11.9. The Morgan fingerprint density at radius 3 is 2.56 bits per heavy atom. The standard InChI is InChI=1S/C17H21NO6S/c1-23-15-4-2-3-12(9-15)17(20)24-10-16(19)18(13-5-6-13)14-7-8-25(21,22)11-14/h2-4,9,13-14H,5-8,10-11H2,1H3/t14-/m1/s1. The zero-order chi connectivity index (χ0) is 18.0. The summed E-state index contributed by atoms with van der Waals surface area (Å²) in [5.74, 6) is -0.309. The summed E-state index contributed by atoms with van der Waals surface area (Å²) in [6.07, 6.45) is 2.19. The molecule has 0 unspecified atom stereocenters. The van der Waals surface area contributed by atoms with Gasteiger partial charge in [-0.2, -0.15) is 0 Å². The second kappa shape index (κ2) is 7.03. The van der Waals surface area contributed by atoms with Gasteiger partial charge in [0, 0.05) is 12.1 Å².